The van der Waals surface area contributed by atoms with Gasteiger partial charge < -0.3 is 11.1 Å². The Bertz CT molecular complexity index is 311. The molecule has 16 heavy (non-hydrogen) atoms. The van der Waals surface area contributed by atoms with Gasteiger partial charge in [-0.1, -0.05) is 13.0 Å². The first kappa shape index (κ1) is 13.2. The van der Waals surface area contributed by atoms with Crippen molar-refractivity contribution in [3.63, 3.8) is 0 Å². The first-order valence-corrected chi connectivity index (χ1v) is 6.57. The molecule has 2 atom stereocenters. The van der Waals surface area contributed by atoms with Crippen molar-refractivity contribution in [3.05, 3.63) is 22.4 Å². The molecule has 1 amide bonds. The zero-order valence-corrected chi connectivity index (χ0v) is 10.7. The second-order valence-corrected chi connectivity index (χ2v) is 5.06. The third kappa shape index (κ3) is 3.94. The van der Waals surface area contributed by atoms with Gasteiger partial charge in [-0.05, 0) is 37.8 Å². The zero-order chi connectivity index (χ0) is 12.0. The van der Waals surface area contributed by atoms with Gasteiger partial charge in [0.05, 0.1) is 6.04 Å². The van der Waals surface area contributed by atoms with Crippen LogP contribution in [0.25, 0.3) is 0 Å². The lowest BCUT2D eigenvalue weighted by molar-refractivity contribution is -0.125. The summed E-state index contributed by atoms with van der Waals surface area (Å²) < 4.78 is 0. The molecule has 1 aromatic rings. The van der Waals surface area contributed by atoms with Gasteiger partial charge in [0.15, 0.2) is 0 Å². The molecule has 0 saturated carbocycles. The molecule has 0 saturated heterocycles. The monoisotopic (exact) mass is 240 g/mol. The molecular weight excluding hydrogens is 220 g/mol. The summed E-state index contributed by atoms with van der Waals surface area (Å²) in [4.78, 5) is 13.0. The lowest BCUT2D eigenvalue weighted by Crippen LogP contribution is -2.31. The minimum Gasteiger partial charge on any atom is -0.349 e. The van der Waals surface area contributed by atoms with Crippen LogP contribution in [0.15, 0.2) is 17.5 Å². The molecule has 0 aromatic carbocycles. The van der Waals surface area contributed by atoms with E-state index in [1.165, 1.54) is 4.88 Å². The molecule has 1 unspecified atom stereocenters. The smallest absolute Gasteiger partial charge is 0.223 e. The number of nitrogens with two attached hydrogens (primary N) is 1. The van der Waals surface area contributed by atoms with Crippen molar-refractivity contribution >= 4 is 17.2 Å². The Labute approximate surface area is 101 Å². The number of carbonyl (C=O) groups is 1. The standard InChI is InChI=1S/C12H20N2OS/c1-9(5-3-7-13)12(15)14-10(2)11-6-4-8-16-11/h4,6,8-10H,3,5,7,13H2,1-2H3,(H,14,15)/t9?,10-/m0/s1. The van der Waals surface area contributed by atoms with Crippen LogP contribution in [-0.4, -0.2) is 12.5 Å². The summed E-state index contributed by atoms with van der Waals surface area (Å²) in [6.45, 7) is 4.61. The van der Waals surface area contributed by atoms with E-state index in [4.69, 9.17) is 5.73 Å². The second-order valence-electron chi connectivity index (χ2n) is 4.08. The van der Waals surface area contributed by atoms with Crippen LogP contribution in [0.3, 0.4) is 0 Å². The maximum atomic E-state index is 11.8. The minimum absolute atomic E-state index is 0.0472. The van der Waals surface area contributed by atoms with Crippen LogP contribution in [0.5, 0.6) is 0 Å². The number of nitrogens with one attached hydrogen (secondary N) is 1. The van der Waals surface area contributed by atoms with Crippen LogP contribution in [0.4, 0.5) is 0 Å². The first-order chi connectivity index (χ1) is 7.65. The summed E-state index contributed by atoms with van der Waals surface area (Å²) >= 11 is 1.67. The molecule has 1 heterocycles. The van der Waals surface area contributed by atoms with Gasteiger partial charge in [0.25, 0.3) is 0 Å². The number of thiophene rings is 1. The Morgan fingerprint density at radius 2 is 2.31 bits per heavy atom. The molecule has 1 aromatic heterocycles. The number of hydrogen-bond donors (Lipinski definition) is 2. The highest BCUT2D eigenvalue weighted by molar-refractivity contribution is 7.10. The highest BCUT2D eigenvalue weighted by Gasteiger charge is 2.15. The average Bonchev–Trinajstić information content (AvgIpc) is 2.79. The topological polar surface area (TPSA) is 55.1 Å². The number of amides is 1. The fourth-order valence-electron chi connectivity index (χ4n) is 1.52. The van der Waals surface area contributed by atoms with Crippen LogP contribution in [-0.2, 0) is 4.79 Å². The van der Waals surface area contributed by atoms with E-state index in [9.17, 15) is 4.79 Å². The molecule has 0 aliphatic carbocycles. The first-order valence-electron chi connectivity index (χ1n) is 5.69. The number of rotatable bonds is 6. The molecule has 3 nitrogen and oxygen atoms in total. The predicted octanol–water partition coefficient (Wildman–Crippen LogP) is 2.30. The van der Waals surface area contributed by atoms with Crippen LogP contribution >= 0.6 is 11.3 Å². The Balaban J connectivity index is 2.39. The van der Waals surface area contributed by atoms with Crippen LogP contribution in [0.2, 0.25) is 0 Å². The Morgan fingerprint density at radius 1 is 1.56 bits per heavy atom. The molecule has 0 aliphatic rings. The Hall–Kier alpha value is -0.870. The fourth-order valence-corrected chi connectivity index (χ4v) is 2.25. The van der Waals surface area contributed by atoms with Gasteiger partial charge in [-0.15, -0.1) is 11.3 Å². The highest BCUT2D eigenvalue weighted by Crippen LogP contribution is 2.18. The average molecular weight is 240 g/mol. The lowest BCUT2D eigenvalue weighted by atomic mass is 10.0. The van der Waals surface area contributed by atoms with Crippen molar-refractivity contribution in [1.82, 2.24) is 5.32 Å². The molecular formula is C12H20N2OS. The quantitative estimate of drug-likeness (QED) is 0.801. The summed E-state index contributed by atoms with van der Waals surface area (Å²) in [5, 5.41) is 5.05. The third-order valence-corrected chi connectivity index (χ3v) is 3.67. The van der Waals surface area contributed by atoms with E-state index in [1.54, 1.807) is 11.3 Å². The molecule has 0 radical (unpaired) electrons. The van der Waals surface area contributed by atoms with Gasteiger partial charge in [0.2, 0.25) is 5.91 Å². The number of hydrogen-bond acceptors (Lipinski definition) is 3. The third-order valence-electron chi connectivity index (χ3n) is 2.62. The molecule has 1 rings (SSSR count). The fraction of sp³-hybridized carbons (Fsp3) is 0.583. The van der Waals surface area contributed by atoms with Gasteiger partial charge >= 0.3 is 0 Å². The van der Waals surface area contributed by atoms with E-state index < -0.39 is 0 Å². The summed E-state index contributed by atoms with van der Waals surface area (Å²) in [5.74, 6) is 0.167. The second kappa shape index (κ2) is 6.66. The molecule has 3 N–H and O–H groups in total. The molecule has 0 spiro atoms. The van der Waals surface area contributed by atoms with Crippen LogP contribution < -0.4 is 11.1 Å². The number of carbonyl (C=O) groups excluding carboxylic acids is 1. The van der Waals surface area contributed by atoms with Gasteiger partial charge in [-0.3, -0.25) is 4.79 Å². The summed E-state index contributed by atoms with van der Waals surface area (Å²) in [6, 6.07) is 4.15. The van der Waals surface area contributed by atoms with E-state index in [2.05, 4.69) is 5.32 Å². The van der Waals surface area contributed by atoms with Crippen molar-refractivity contribution in [2.45, 2.75) is 32.7 Å². The molecule has 0 bridgehead atoms. The maximum Gasteiger partial charge on any atom is 0.223 e. The molecule has 0 fully saturated rings. The summed E-state index contributed by atoms with van der Waals surface area (Å²) in [5.41, 5.74) is 5.43. The molecule has 0 aliphatic heterocycles. The van der Waals surface area contributed by atoms with E-state index in [0.29, 0.717) is 6.54 Å². The van der Waals surface area contributed by atoms with Gasteiger partial charge in [-0.25, -0.2) is 0 Å². The highest BCUT2D eigenvalue weighted by atomic mass is 32.1. The van der Waals surface area contributed by atoms with Crippen molar-refractivity contribution in [2.24, 2.45) is 11.7 Å². The van der Waals surface area contributed by atoms with Gasteiger partial charge in [-0.2, -0.15) is 0 Å². The Morgan fingerprint density at radius 3 is 2.88 bits per heavy atom. The van der Waals surface area contributed by atoms with Gasteiger partial charge in [0, 0.05) is 10.8 Å². The zero-order valence-electron chi connectivity index (χ0n) is 9.90. The van der Waals surface area contributed by atoms with Crippen LogP contribution in [0.1, 0.15) is 37.6 Å². The van der Waals surface area contributed by atoms with Crippen molar-refractivity contribution in [3.8, 4) is 0 Å². The predicted molar refractivity (Wildman–Crippen MR) is 68.3 cm³/mol. The van der Waals surface area contributed by atoms with Crippen LogP contribution in [0, 0.1) is 5.92 Å². The largest absolute Gasteiger partial charge is 0.349 e. The normalized spacial score (nSPS) is 14.4. The van der Waals surface area contributed by atoms with E-state index in [-0.39, 0.29) is 17.9 Å². The van der Waals surface area contributed by atoms with Crippen molar-refractivity contribution in [2.75, 3.05) is 6.54 Å². The molecule has 90 valence electrons. The summed E-state index contributed by atoms with van der Waals surface area (Å²) in [7, 11) is 0. The molecule has 4 heteroatoms. The van der Waals surface area contributed by atoms with Crippen molar-refractivity contribution < 1.29 is 4.79 Å². The van der Waals surface area contributed by atoms with E-state index in [0.717, 1.165) is 12.8 Å². The Kier molecular flexibility index (Phi) is 5.49. The van der Waals surface area contributed by atoms with E-state index >= 15 is 0 Å². The maximum absolute atomic E-state index is 11.8. The minimum atomic E-state index is 0.0472. The summed E-state index contributed by atoms with van der Waals surface area (Å²) in [6.07, 6.45) is 1.77. The van der Waals surface area contributed by atoms with Crippen molar-refractivity contribution in [1.29, 1.82) is 0 Å². The van der Waals surface area contributed by atoms with E-state index in [1.807, 2.05) is 31.4 Å². The van der Waals surface area contributed by atoms with Gasteiger partial charge in [0.1, 0.15) is 0 Å². The SMILES string of the molecule is CC(CCCN)C(=O)N[C@@H](C)c1cccs1. The lowest BCUT2D eigenvalue weighted by Gasteiger charge is -2.16.